The summed E-state index contributed by atoms with van der Waals surface area (Å²) in [6.07, 6.45) is -19.6. The summed E-state index contributed by atoms with van der Waals surface area (Å²) in [6.45, 7) is 3.98. The average Bonchev–Trinajstić information content (AvgIpc) is 3.09. The van der Waals surface area contributed by atoms with Crippen LogP contribution in [-0.2, 0) is 87.5 Å². The first-order chi connectivity index (χ1) is 26.8. The number of hydrogen-bond donors (Lipinski definition) is 2. The summed E-state index contributed by atoms with van der Waals surface area (Å²) in [7, 11) is 0. The summed E-state index contributed by atoms with van der Waals surface area (Å²) < 4.78 is 95.6. The van der Waals surface area contributed by atoms with Gasteiger partial charge in [0.2, 0.25) is 5.91 Å². The third-order valence-corrected chi connectivity index (χ3v) is 7.88. The van der Waals surface area contributed by atoms with E-state index in [9.17, 15) is 46.7 Å². The Morgan fingerprint density at radius 2 is 1.21 bits per heavy atom. The Balaban J connectivity index is 2.08. The Hall–Kier alpha value is -4.90. The van der Waals surface area contributed by atoms with Gasteiger partial charge >= 0.3 is 41.9 Å². The first-order valence-electron chi connectivity index (χ1n) is 17.4. The minimum atomic E-state index is -5.19. The van der Waals surface area contributed by atoms with Gasteiger partial charge in [-0.2, -0.15) is 13.2 Å². The van der Waals surface area contributed by atoms with Crippen LogP contribution in [0.3, 0.4) is 0 Å². The van der Waals surface area contributed by atoms with E-state index in [0.717, 1.165) is 47.1 Å². The molecule has 0 spiro atoms. The molecule has 57 heavy (non-hydrogen) atoms. The summed E-state index contributed by atoms with van der Waals surface area (Å²) in [4.78, 5) is 85.6. The summed E-state index contributed by atoms with van der Waals surface area (Å²) >= 11 is 0. The molecule has 22 heteroatoms. The van der Waals surface area contributed by atoms with E-state index in [0.29, 0.717) is 0 Å². The van der Waals surface area contributed by atoms with E-state index in [2.05, 4.69) is 5.32 Å². The third-order valence-electron chi connectivity index (χ3n) is 7.88. The van der Waals surface area contributed by atoms with Gasteiger partial charge in [0, 0.05) is 48.1 Å². The zero-order valence-corrected chi connectivity index (χ0v) is 31.8. The van der Waals surface area contributed by atoms with Crippen LogP contribution >= 0.6 is 0 Å². The van der Waals surface area contributed by atoms with Crippen molar-refractivity contribution in [3.63, 3.8) is 0 Å². The fourth-order valence-electron chi connectivity index (χ4n) is 5.82. The summed E-state index contributed by atoms with van der Waals surface area (Å²) in [5, 5.41) is 4.09. The lowest BCUT2D eigenvalue weighted by molar-refractivity contribution is -0.351. The zero-order valence-electron chi connectivity index (χ0n) is 31.8. The number of rotatable bonds is 17. The molecule has 1 aromatic rings. The normalized spacial score (nSPS) is 27.2. The van der Waals surface area contributed by atoms with E-state index >= 15 is 0 Å². The van der Waals surface area contributed by atoms with Crippen LogP contribution in [0.5, 0.6) is 0 Å². The molecule has 0 radical (unpaired) electrons. The maximum absolute atomic E-state index is 12.7. The topological polar surface area (TPSA) is 236 Å². The maximum atomic E-state index is 12.7. The first kappa shape index (κ1) is 46.5. The molecule has 0 unspecified atom stereocenters. The van der Waals surface area contributed by atoms with Crippen molar-refractivity contribution in [1.82, 2.24) is 10.6 Å². The highest BCUT2D eigenvalue weighted by molar-refractivity contribution is 5.81. The molecule has 10 atom stereocenters. The number of carbonyl (C=O) groups excluding carboxylic acids is 7. The second-order valence-electron chi connectivity index (χ2n) is 12.6. The number of carbonyl (C=O) groups is 7. The SMILES string of the molecule is CC(=O)N[C@H]1[C@H](OCCNC(=O)C(F)(F)F)O[C@H](COC(C)=O)[C@@H](O[C@@H]2O[C@H](COCc3ccccc3)[C@H](OC(C)=O)[C@H](OC(C)=O)[C@H]2OC(C)=O)[C@@H]1OC(C)=O. The Kier molecular flexibility index (Phi) is 17.6. The molecule has 2 aliphatic rings. The lowest BCUT2D eigenvalue weighted by Crippen LogP contribution is -2.69. The molecule has 2 saturated heterocycles. The van der Waals surface area contributed by atoms with E-state index in [1.54, 1.807) is 35.6 Å². The highest BCUT2D eigenvalue weighted by Crippen LogP contribution is 2.35. The average molecular weight is 823 g/mol. The number of benzene rings is 1. The smallest absolute Gasteiger partial charge is 0.463 e. The van der Waals surface area contributed by atoms with Crippen LogP contribution in [0.2, 0.25) is 0 Å². The number of alkyl halides is 3. The molecule has 0 aromatic heterocycles. The third kappa shape index (κ3) is 14.8. The van der Waals surface area contributed by atoms with Crippen LogP contribution < -0.4 is 10.6 Å². The van der Waals surface area contributed by atoms with E-state index in [1.165, 1.54) is 0 Å². The highest BCUT2D eigenvalue weighted by Gasteiger charge is 2.57. The van der Waals surface area contributed by atoms with Gasteiger partial charge in [-0.15, -0.1) is 0 Å². The Bertz CT molecular complexity index is 1560. The van der Waals surface area contributed by atoms with Gasteiger partial charge in [-0.05, 0) is 5.56 Å². The monoisotopic (exact) mass is 822 g/mol. The molecule has 318 valence electrons. The highest BCUT2D eigenvalue weighted by atomic mass is 19.4. The van der Waals surface area contributed by atoms with Gasteiger partial charge in [0.05, 0.1) is 19.8 Å². The van der Waals surface area contributed by atoms with Gasteiger partial charge in [0.1, 0.15) is 31.0 Å². The van der Waals surface area contributed by atoms with Crippen molar-refractivity contribution in [1.29, 1.82) is 0 Å². The molecule has 1 aromatic carbocycles. The molecule has 2 amide bonds. The van der Waals surface area contributed by atoms with E-state index in [4.69, 9.17) is 47.4 Å². The zero-order chi connectivity index (χ0) is 42.4. The molecular weight excluding hydrogens is 777 g/mol. The Morgan fingerprint density at radius 1 is 0.667 bits per heavy atom. The van der Waals surface area contributed by atoms with E-state index in [-0.39, 0.29) is 13.2 Å². The minimum absolute atomic E-state index is 0.0414. The second-order valence-corrected chi connectivity index (χ2v) is 12.6. The van der Waals surface area contributed by atoms with Gasteiger partial charge in [-0.25, -0.2) is 0 Å². The largest absolute Gasteiger partial charge is 0.471 e. The number of esters is 5. The van der Waals surface area contributed by atoms with Crippen molar-refractivity contribution in [2.75, 3.05) is 26.4 Å². The van der Waals surface area contributed by atoms with Gasteiger partial charge in [0.25, 0.3) is 0 Å². The molecule has 3 rings (SSSR count). The van der Waals surface area contributed by atoms with Crippen molar-refractivity contribution < 1.29 is 94.1 Å². The van der Waals surface area contributed by atoms with Crippen LogP contribution in [0.15, 0.2) is 30.3 Å². The predicted octanol–water partition coefficient (Wildman–Crippen LogP) is 0.528. The van der Waals surface area contributed by atoms with Crippen molar-refractivity contribution in [3.8, 4) is 0 Å². The molecule has 0 saturated carbocycles. The van der Waals surface area contributed by atoms with Crippen LogP contribution in [0.4, 0.5) is 13.2 Å². The summed E-state index contributed by atoms with van der Waals surface area (Å²) in [5.74, 6) is -7.44. The number of hydrogen-bond acceptors (Lipinski definition) is 17. The lowest BCUT2D eigenvalue weighted by Gasteiger charge is -2.49. The number of amides is 2. The van der Waals surface area contributed by atoms with Crippen molar-refractivity contribution >= 4 is 41.7 Å². The number of halogens is 3. The lowest BCUT2D eigenvalue weighted by atomic mass is 9.94. The van der Waals surface area contributed by atoms with Crippen LogP contribution in [0.1, 0.15) is 47.1 Å². The van der Waals surface area contributed by atoms with Crippen LogP contribution in [0, 0.1) is 0 Å². The van der Waals surface area contributed by atoms with Gasteiger partial charge in [-0.1, -0.05) is 30.3 Å². The predicted molar refractivity (Wildman–Crippen MR) is 180 cm³/mol. The van der Waals surface area contributed by atoms with E-state index < -0.39 is 129 Å². The van der Waals surface area contributed by atoms with Gasteiger partial charge in [0.15, 0.2) is 37.0 Å². The van der Waals surface area contributed by atoms with Gasteiger partial charge < -0.3 is 58.0 Å². The summed E-state index contributed by atoms with van der Waals surface area (Å²) in [6, 6.07) is 7.38. The molecule has 2 aliphatic heterocycles. The molecular formula is C35H45F3N2O17. The quantitative estimate of drug-likeness (QED) is 0.124. The molecule has 0 bridgehead atoms. The summed E-state index contributed by atoms with van der Waals surface area (Å²) in [5.41, 5.74) is 0.750. The van der Waals surface area contributed by atoms with Crippen molar-refractivity contribution in [2.45, 2.75) is 116 Å². The molecule has 19 nitrogen and oxygen atoms in total. The Labute approximate surface area is 324 Å². The molecule has 2 N–H and O–H groups in total. The van der Waals surface area contributed by atoms with Gasteiger partial charge in [-0.3, -0.25) is 33.6 Å². The van der Waals surface area contributed by atoms with Crippen LogP contribution in [-0.4, -0.2) is 136 Å². The first-order valence-corrected chi connectivity index (χ1v) is 17.4. The van der Waals surface area contributed by atoms with Crippen LogP contribution in [0.25, 0.3) is 0 Å². The molecule has 2 heterocycles. The maximum Gasteiger partial charge on any atom is 0.471 e. The number of nitrogens with one attached hydrogen (secondary N) is 2. The fraction of sp³-hybridized carbons (Fsp3) is 0.629. The molecule has 2 fully saturated rings. The Morgan fingerprint density at radius 3 is 1.77 bits per heavy atom. The van der Waals surface area contributed by atoms with Crippen molar-refractivity contribution in [2.24, 2.45) is 0 Å². The fourth-order valence-corrected chi connectivity index (χ4v) is 5.82. The van der Waals surface area contributed by atoms with E-state index in [1.807, 2.05) is 0 Å². The second kappa shape index (κ2) is 21.6. The minimum Gasteiger partial charge on any atom is -0.463 e. The standard InChI is InChI=1S/C35H45F3N2O17/c1-17(41)40-26-29(52-20(4)44)27(25(16-50-18(2)42)55-32(26)49-13-12-39-34(47)35(36,37)38)57-33-31(54-22(6)46)30(53-21(5)45)28(51-19(3)43)24(56-33)15-48-14-23-10-8-7-9-11-23/h7-11,24-33H,12-16H2,1-6H3,(H,39,47)(H,40,41)/t24-,25-,26-,27-,28+,29-,30+,31-,32-,33+/m1/s1. The van der Waals surface area contributed by atoms with Crippen molar-refractivity contribution in [3.05, 3.63) is 35.9 Å². The number of ether oxygens (including phenoxy) is 10. The molecule has 0 aliphatic carbocycles.